The van der Waals surface area contributed by atoms with E-state index in [1.807, 2.05) is 24.9 Å². The van der Waals surface area contributed by atoms with Crippen molar-refractivity contribution in [1.82, 2.24) is 25.1 Å². The van der Waals surface area contributed by atoms with Crippen LogP contribution < -0.4 is 10.2 Å². The van der Waals surface area contributed by atoms with E-state index in [1.165, 1.54) is 11.1 Å². The van der Waals surface area contributed by atoms with Crippen LogP contribution in [-0.2, 0) is 37.7 Å². The molecule has 1 N–H and O–H groups in total. The number of nitrogens with zero attached hydrogens (tertiary/aromatic N) is 5. The van der Waals surface area contributed by atoms with Gasteiger partial charge in [0.2, 0.25) is 0 Å². The molecule has 0 bridgehead atoms. The molecule has 2 aromatic heterocycles. The van der Waals surface area contributed by atoms with Crippen LogP contribution in [0, 0.1) is 0 Å². The molecule has 1 aliphatic rings. The summed E-state index contributed by atoms with van der Waals surface area (Å²) in [4.78, 5) is 11.8. The molecule has 2 aromatic rings. The molecule has 152 valence electrons. The van der Waals surface area contributed by atoms with Crippen molar-refractivity contribution in [3.63, 3.8) is 0 Å². The highest BCUT2D eigenvalue weighted by molar-refractivity contribution is 5.85. The van der Waals surface area contributed by atoms with Crippen LogP contribution in [0.5, 0.6) is 0 Å². The molecular weight excluding hydrogens is 387 g/mol. The van der Waals surface area contributed by atoms with Crippen LogP contribution in [0.15, 0.2) is 12.4 Å². The number of fused-ring (bicyclic) bond motifs is 1. The Hall–Kier alpha value is -1.41. The fourth-order valence-electron chi connectivity index (χ4n) is 3.15. The lowest BCUT2D eigenvalue weighted by Crippen LogP contribution is -2.25. The summed E-state index contributed by atoms with van der Waals surface area (Å²) in [5.41, 5.74) is 3.68. The second-order valence-electron chi connectivity index (χ2n) is 6.47. The van der Waals surface area contributed by atoms with Crippen molar-refractivity contribution in [3.05, 3.63) is 35.0 Å². The van der Waals surface area contributed by atoms with Gasteiger partial charge in [0.05, 0.1) is 11.9 Å². The van der Waals surface area contributed by atoms with Crippen LogP contribution in [0.3, 0.4) is 0 Å². The maximum absolute atomic E-state index is 5.54. The third-order valence-electron chi connectivity index (χ3n) is 4.50. The first-order chi connectivity index (χ1) is 12.2. The fourth-order valence-corrected chi connectivity index (χ4v) is 3.15. The topological polar surface area (TPSA) is 68.1 Å². The summed E-state index contributed by atoms with van der Waals surface area (Å²) < 4.78 is 7.38. The number of anilines is 1. The van der Waals surface area contributed by atoms with Crippen molar-refractivity contribution in [2.45, 2.75) is 32.8 Å². The van der Waals surface area contributed by atoms with Crippen LogP contribution >= 0.6 is 24.8 Å². The molecule has 1 aliphatic heterocycles. The first-order valence-corrected chi connectivity index (χ1v) is 9.03. The van der Waals surface area contributed by atoms with Crippen LogP contribution in [0.2, 0.25) is 0 Å². The summed E-state index contributed by atoms with van der Waals surface area (Å²) in [5, 5.41) is 7.70. The molecule has 0 unspecified atom stereocenters. The standard InChI is InChI=1S/C18H28N6O.2ClH/c1-4-25-13-17-21-16-6-9-19-8-5-15(16)18(22-17)23(2)10-7-14-11-20-24(3)12-14;;/h11-12,19H,4-10,13H2,1-3H3;2*1H. The minimum Gasteiger partial charge on any atom is -0.374 e. The third kappa shape index (κ3) is 6.31. The number of rotatable bonds is 7. The van der Waals surface area contributed by atoms with Crippen LogP contribution in [0.4, 0.5) is 5.82 Å². The second-order valence-corrected chi connectivity index (χ2v) is 6.47. The van der Waals surface area contributed by atoms with E-state index in [2.05, 4.69) is 28.6 Å². The molecular formula is C18H30Cl2N6O. The number of hydrogen-bond acceptors (Lipinski definition) is 6. The Balaban J connectivity index is 0.00000182. The zero-order valence-electron chi connectivity index (χ0n) is 16.3. The van der Waals surface area contributed by atoms with Crippen LogP contribution in [-0.4, -0.2) is 53.0 Å². The number of ether oxygens (including phenoxy) is 1. The Kier molecular flexibility index (Phi) is 10.0. The van der Waals surface area contributed by atoms with Crippen molar-refractivity contribution < 1.29 is 4.74 Å². The van der Waals surface area contributed by atoms with Gasteiger partial charge in [-0.25, -0.2) is 9.97 Å². The molecule has 0 saturated heterocycles. The molecule has 0 atom stereocenters. The highest BCUT2D eigenvalue weighted by Crippen LogP contribution is 2.23. The molecule has 7 nitrogen and oxygen atoms in total. The lowest BCUT2D eigenvalue weighted by Gasteiger charge is -2.23. The average molecular weight is 417 g/mol. The molecule has 0 aromatic carbocycles. The van der Waals surface area contributed by atoms with E-state index in [-0.39, 0.29) is 24.8 Å². The third-order valence-corrected chi connectivity index (χ3v) is 4.50. The van der Waals surface area contributed by atoms with E-state index >= 15 is 0 Å². The second kappa shape index (κ2) is 11.4. The molecule has 0 radical (unpaired) electrons. The van der Waals surface area contributed by atoms with Crippen LogP contribution in [0.25, 0.3) is 0 Å². The van der Waals surface area contributed by atoms with Gasteiger partial charge in [0.25, 0.3) is 0 Å². The molecule has 9 heteroatoms. The van der Waals surface area contributed by atoms with E-state index in [4.69, 9.17) is 14.7 Å². The van der Waals surface area contributed by atoms with Gasteiger partial charge in [0.15, 0.2) is 5.82 Å². The van der Waals surface area contributed by atoms with Gasteiger partial charge in [-0.05, 0) is 31.9 Å². The van der Waals surface area contributed by atoms with E-state index in [0.717, 1.165) is 56.2 Å². The minimum absolute atomic E-state index is 0. The van der Waals surface area contributed by atoms with E-state index in [1.54, 1.807) is 0 Å². The van der Waals surface area contributed by atoms with Gasteiger partial charge in [-0.1, -0.05) is 0 Å². The summed E-state index contributed by atoms with van der Waals surface area (Å²) in [6, 6.07) is 0. The van der Waals surface area contributed by atoms with Crippen molar-refractivity contribution in [1.29, 1.82) is 0 Å². The van der Waals surface area contributed by atoms with Gasteiger partial charge in [-0.2, -0.15) is 5.10 Å². The number of nitrogens with one attached hydrogen (secondary N) is 1. The van der Waals surface area contributed by atoms with Gasteiger partial charge in [0, 0.05) is 52.0 Å². The normalized spacial score (nSPS) is 13.1. The predicted molar refractivity (Wildman–Crippen MR) is 112 cm³/mol. The number of hydrogen-bond donors (Lipinski definition) is 1. The number of aromatic nitrogens is 4. The van der Waals surface area contributed by atoms with Gasteiger partial charge < -0.3 is 15.0 Å². The lowest BCUT2D eigenvalue weighted by molar-refractivity contribution is 0.128. The number of aryl methyl sites for hydroxylation is 1. The van der Waals surface area contributed by atoms with Crippen molar-refractivity contribution >= 4 is 30.6 Å². The Morgan fingerprint density at radius 3 is 2.70 bits per heavy atom. The molecule has 27 heavy (non-hydrogen) atoms. The zero-order valence-corrected chi connectivity index (χ0v) is 17.9. The summed E-state index contributed by atoms with van der Waals surface area (Å²) in [5.74, 6) is 1.83. The Labute approximate surface area is 173 Å². The largest absolute Gasteiger partial charge is 0.374 e. The van der Waals surface area contributed by atoms with Gasteiger partial charge in [0.1, 0.15) is 12.4 Å². The zero-order chi connectivity index (χ0) is 17.6. The van der Waals surface area contributed by atoms with E-state index in [0.29, 0.717) is 13.2 Å². The van der Waals surface area contributed by atoms with Crippen molar-refractivity contribution in [3.8, 4) is 0 Å². The van der Waals surface area contributed by atoms with Gasteiger partial charge in [-0.3, -0.25) is 4.68 Å². The maximum Gasteiger partial charge on any atom is 0.156 e. The summed E-state index contributed by atoms with van der Waals surface area (Å²) in [6.07, 6.45) is 6.86. The van der Waals surface area contributed by atoms with Crippen LogP contribution in [0.1, 0.15) is 29.6 Å². The first kappa shape index (κ1) is 23.6. The predicted octanol–water partition coefficient (Wildman–Crippen LogP) is 1.96. The highest BCUT2D eigenvalue weighted by atomic mass is 35.5. The quantitative estimate of drug-likeness (QED) is 0.743. The molecule has 0 aliphatic carbocycles. The number of likely N-dealkylation sites (N-methyl/N-ethyl adjacent to an activating group) is 1. The summed E-state index contributed by atoms with van der Waals surface area (Å²) in [7, 11) is 4.06. The Morgan fingerprint density at radius 1 is 1.22 bits per heavy atom. The molecule has 0 saturated carbocycles. The summed E-state index contributed by atoms with van der Waals surface area (Å²) in [6.45, 7) is 5.99. The monoisotopic (exact) mass is 416 g/mol. The van der Waals surface area contributed by atoms with Gasteiger partial charge >= 0.3 is 0 Å². The first-order valence-electron chi connectivity index (χ1n) is 9.03. The molecule has 3 rings (SSSR count). The lowest BCUT2D eigenvalue weighted by atomic mass is 10.1. The van der Waals surface area contributed by atoms with Crippen molar-refractivity contribution in [2.24, 2.45) is 7.05 Å². The highest BCUT2D eigenvalue weighted by Gasteiger charge is 2.19. The van der Waals surface area contributed by atoms with Crippen molar-refractivity contribution in [2.75, 3.05) is 38.2 Å². The summed E-state index contributed by atoms with van der Waals surface area (Å²) >= 11 is 0. The fraction of sp³-hybridized carbons (Fsp3) is 0.611. The molecule has 0 fully saturated rings. The Morgan fingerprint density at radius 2 is 2.00 bits per heavy atom. The minimum atomic E-state index is 0. The molecule has 3 heterocycles. The Bertz CT molecular complexity index is 709. The molecule has 0 amide bonds. The SMILES string of the molecule is CCOCc1nc2c(c(N(C)CCc3cnn(C)c3)n1)CCNCC2.Cl.Cl. The van der Waals surface area contributed by atoms with E-state index in [9.17, 15) is 0 Å². The maximum atomic E-state index is 5.54. The average Bonchev–Trinajstić information content (AvgIpc) is 2.89. The van der Waals surface area contributed by atoms with Gasteiger partial charge in [-0.15, -0.1) is 24.8 Å². The molecule has 0 spiro atoms. The smallest absolute Gasteiger partial charge is 0.156 e. The number of halogens is 2. The van der Waals surface area contributed by atoms with E-state index < -0.39 is 0 Å².